The third kappa shape index (κ3) is 3.43. The van der Waals surface area contributed by atoms with Gasteiger partial charge in [0.1, 0.15) is 0 Å². The number of aromatic nitrogens is 1. The van der Waals surface area contributed by atoms with Crippen LogP contribution >= 0.6 is 0 Å². The van der Waals surface area contributed by atoms with Crippen molar-refractivity contribution in [3.8, 4) is 0 Å². The zero-order valence-corrected chi connectivity index (χ0v) is 13.3. The second-order valence-corrected chi connectivity index (χ2v) is 5.59. The van der Waals surface area contributed by atoms with E-state index in [9.17, 15) is 9.59 Å². The lowest BCUT2D eigenvalue weighted by Crippen LogP contribution is -2.30. The van der Waals surface area contributed by atoms with E-state index in [0.29, 0.717) is 5.56 Å². The van der Waals surface area contributed by atoms with E-state index in [1.54, 1.807) is 19.3 Å². The Morgan fingerprint density at radius 1 is 0.917 bits per heavy atom. The molecule has 2 aromatic carbocycles. The number of nitrogens with zero attached hydrogens (tertiary/aromatic N) is 1. The molecular weight excluding hydrogens is 300 g/mol. The van der Waals surface area contributed by atoms with Gasteiger partial charge in [0.15, 0.2) is 0 Å². The topological polar surface area (TPSA) is 51.1 Å². The van der Waals surface area contributed by atoms with E-state index in [1.807, 2.05) is 60.7 Å². The maximum absolute atomic E-state index is 12.6. The van der Waals surface area contributed by atoms with Crippen molar-refractivity contribution in [1.29, 1.82) is 0 Å². The van der Waals surface area contributed by atoms with Crippen molar-refractivity contribution in [3.05, 3.63) is 106 Å². The molecule has 1 heterocycles. The molecule has 0 atom stereocenters. The van der Waals surface area contributed by atoms with Gasteiger partial charge in [-0.2, -0.15) is 0 Å². The smallest absolute Gasteiger partial charge is 0.252 e. The van der Waals surface area contributed by atoms with Crippen LogP contribution in [0, 0.1) is 0 Å². The SMILES string of the molecule is Cn1ccc(C(=O)NC(c2ccccc2)c2ccccc2)cc1=O. The van der Waals surface area contributed by atoms with E-state index < -0.39 is 0 Å². The van der Waals surface area contributed by atoms with Crippen LogP contribution in [0.15, 0.2) is 83.8 Å². The van der Waals surface area contributed by atoms with Crippen LogP contribution in [0.25, 0.3) is 0 Å². The monoisotopic (exact) mass is 318 g/mol. The van der Waals surface area contributed by atoms with E-state index in [4.69, 9.17) is 0 Å². The van der Waals surface area contributed by atoms with Crippen LogP contribution in [0.5, 0.6) is 0 Å². The number of hydrogen-bond donors (Lipinski definition) is 1. The number of hydrogen-bond acceptors (Lipinski definition) is 2. The molecule has 0 unspecified atom stereocenters. The van der Waals surface area contributed by atoms with Crippen LogP contribution in [-0.4, -0.2) is 10.5 Å². The maximum atomic E-state index is 12.6. The molecule has 120 valence electrons. The van der Waals surface area contributed by atoms with Crippen LogP contribution < -0.4 is 10.9 Å². The van der Waals surface area contributed by atoms with E-state index >= 15 is 0 Å². The summed E-state index contributed by atoms with van der Waals surface area (Å²) < 4.78 is 1.43. The molecule has 1 aromatic heterocycles. The molecule has 0 radical (unpaired) electrons. The van der Waals surface area contributed by atoms with E-state index in [-0.39, 0.29) is 17.5 Å². The quantitative estimate of drug-likeness (QED) is 0.804. The van der Waals surface area contributed by atoms with Gasteiger partial charge in [0.2, 0.25) is 0 Å². The fraction of sp³-hybridized carbons (Fsp3) is 0.100. The number of benzene rings is 2. The van der Waals surface area contributed by atoms with Crippen molar-refractivity contribution in [2.45, 2.75) is 6.04 Å². The van der Waals surface area contributed by atoms with E-state index in [1.165, 1.54) is 10.6 Å². The van der Waals surface area contributed by atoms with Crippen molar-refractivity contribution in [1.82, 2.24) is 9.88 Å². The lowest BCUT2D eigenvalue weighted by Gasteiger charge is -2.20. The summed E-state index contributed by atoms with van der Waals surface area (Å²) >= 11 is 0. The largest absolute Gasteiger partial charge is 0.341 e. The predicted octanol–water partition coefficient (Wildman–Crippen LogP) is 2.90. The van der Waals surface area contributed by atoms with Crippen molar-refractivity contribution in [2.24, 2.45) is 7.05 Å². The molecule has 0 aliphatic heterocycles. The summed E-state index contributed by atoms with van der Waals surface area (Å²) in [7, 11) is 1.65. The summed E-state index contributed by atoms with van der Waals surface area (Å²) in [6.07, 6.45) is 1.59. The van der Waals surface area contributed by atoms with Crippen molar-refractivity contribution >= 4 is 5.91 Å². The number of amides is 1. The Bertz CT molecular complexity index is 847. The molecule has 0 aliphatic carbocycles. The molecule has 1 N–H and O–H groups in total. The van der Waals surface area contributed by atoms with Gasteiger partial charge in [-0.15, -0.1) is 0 Å². The van der Waals surface area contributed by atoms with Crippen LogP contribution in [0.4, 0.5) is 0 Å². The number of aryl methyl sites for hydroxylation is 1. The highest BCUT2D eigenvalue weighted by molar-refractivity contribution is 5.94. The average Bonchev–Trinajstić information content (AvgIpc) is 2.63. The molecule has 4 nitrogen and oxygen atoms in total. The molecule has 3 rings (SSSR count). The molecule has 0 saturated carbocycles. The zero-order chi connectivity index (χ0) is 16.9. The molecule has 4 heteroatoms. The Hall–Kier alpha value is -3.14. The van der Waals surface area contributed by atoms with Crippen molar-refractivity contribution in [2.75, 3.05) is 0 Å². The second kappa shape index (κ2) is 6.96. The van der Waals surface area contributed by atoms with Crippen LogP contribution in [0.1, 0.15) is 27.5 Å². The molecule has 0 saturated heterocycles. The standard InChI is InChI=1S/C20H18N2O2/c1-22-13-12-17(14-18(22)23)20(24)21-19(15-8-4-2-5-9-15)16-10-6-3-7-11-16/h2-14,19H,1H3,(H,21,24). The number of rotatable bonds is 4. The minimum atomic E-state index is -0.274. The van der Waals surface area contributed by atoms with E-state index in [0.717, 1.165) is 11.1 Å². The lowest BCUT2D eigenvalue weighted by atomic mass is 9.98. The fourth-order valence-corrected chi connectivity index (χ4v) is 2.55. The highest BCUT2D eigenvalue weighted by atomic mass is 16.2. The average molecular weight is 318 g/mol. The first-order valence-electron chi connectivity index (χ1n) is 7.72. The lowest BCUT2D eigenvalue weighted by molar-refractivity contribution is 0.0942. The summed E-state index contributed by atoms with van der Waals surface area (Å²) in [6.45, 7) is 0. The molecule has 0 fully saturated rings. The van der Waals surface area contributed by atoms with Gasteiger partial charge >= 0.3 is 0 Å². The highest BCUT2D eigenvalue weighted by Crippen LogP contribution is 2.22. The van der Waals surface area contributed by atoms with Crippen LogP contribution in [-0.2, 0) is 7.05 Å². The third-order valence-corrected chi connectivity index (χ3v) is 3.91. The Labute approximate surface area is 140 Å². The van der Waals surface area contributed by atoms with Gasteiger partial charge in [-0.3, -0.25) is 9.59 Å². The van der Waals surface area contributed by atoms with Gasteiger partial charge in [0.25, 0.3) is 11.5 Å². The molecule has 1 amide bonds. The summed E-state index contributed by atoms with van der Waals surface area (Å²) in [6, 6.07) is 22.3. The zero-order valence-electron chi connectivity index (χ0n) is 13.3. The van der Waals surface area contributed by atoms with Crippen molar-refractivity contribution < 1.29 is 4.79 Å². The first kappa shape index (κ1) is 15.7. The molecule has 0 aliphatic rings. The first-order chi connectivity index (χ1) is 11.6. The summed E-state index contributed by atoms with van der Waals surface area (Å²) in [5.74, 6) is -0.273. The maximum Gasteiger partial charge on any atom is 0.252 e. The van der Waals surface area contributed by atoms with Gasteiger partial charge in [0.05, 0.1) is 6.04 Å². The highest BCUT2D eigenvalue weighted by Gasteiger charge is 2.17. The predicted molar refractivity (Wildman–Crippen MR) is 93.9 cm³/mol. The Balaban J connectivity index is 1.93. The number of carbonyl (C=O) groups is 1. The fourth-order valence-electron chi connectivity index (χ4n) is 2.55. The summed E-state index contributed by atoms with van der Waals surface area (Å²) in [5, 5.41) is 3.03. The van der Waals surface area contributed by atoms with E-state index in [2.05, 4.69) is 5.32 Å². The number of carbonyl (C=O) groups excluding carboxylic acids is 1. The molecule has 0 spiro atoms. The number of nitrogens with one attached hydrogen (secondary N) is 1. The third-order valence-electron chi connectivity index (χ3n) is 3.91. The minimum Gasteiger partial charge on any atom is -0.341 e. The first-order valence-corrected chi connectivity index (χ1v) is 7.72. The van der Waals surface area contributed by atoms with Gasteiger partial charge < -0.3 is 9.88 Å². The van der Waals surface area contributed by atoms with Gasteiger partial charge in [-0.05, 0) is 17.2 Å². The summed E-state index contributed by atoms with van der Waals surface area (Å²) in [4.78, 5) is 24.4. The van der Waals surface area contributed by atoms with Crippen LogP contribution in [0.2, 0.25) is 0 Å². The molecule has 24 heavy (non-hydrogen) atoms. The van der Waals surface area contributed by atoms with Gasteiger partial charge in [-0.25, -0.2) is 0 Å². The Morgan fingerprint density at radius 3 is 1.96 bits per heavy atom. The Kier molecular flexibility index (Phi) is 4.57. The molecule has 3 aromatic rings. The van der Waals surface area contributed by atoms with Crippen LogP contribution in [0.3, 0.4) is 0 Å². The van der Waals surface area contributed by atoms with Gasteiger partial charge in [0, 0.05) is 24.9 Å². The molecular formula is C20H18N2O2. The Morgan fingerprint density at radius 2 is 1.46 bits per heavy atom. The molecule has 0 bridgehead atoms. The normalized spacial score (nSPS) is 10.6. The second-order valence-electron chi connectivity index (χ2n) is 5.59. The summed E-state index contributed by atoms with van der Waals surface area (Å²) in [5.41, 5.74) is 2.12. The van der Waals surface area contributed by atoms with Crippen molar-refractivity contribution in [3.63, 3.8) is 0 Å². The number of pyridine rings is 1. The van der Waals surface area contributed by atoms with Gasteiger partial charge in [-0.1, -0.05) is 60.7 Å². The minimum absolute atomic E-state index is 0.210.